The summed E-state index contributed by atoms with van der Waals surface area (Å²) in [6.45, 7) is 2.21. The van der Waals surface area contributed by atoms with Crippen LogP contribution in [0.25, 0.3) is 0 Å². The summed E-state index contributed by atoms with van der Waals surface area (Å²) in [5, 5.41) is 6.96. The minimum absolute atomic E-state index is 0.573. The molecule has 0 aromatic carbocycles. The van der Waals surface area contributed by atoms with Crippen LogP contribution in [0.1, 0.15) is 12.8 Å². The second-order valence-electron chi connectivity index (χ2n) is 4.44. The Balaban J connectivity index is 2.07. The number of anilines is 2. The van der Waals surface area contributed by atoms with E-state index in [1.54, 1.807) is 0 Å². The van der Waals surface area contributed by atoms with Crippen LogP contribution in [-0.4, -0.2) is 38.2 Å². The van der Waals surface area contributed by atoms with E-state index in [1.807, 2.05) is 31.3 Å². The molecule has 0 spiro atoms. The fraction of sp³-hybridized carbons (Fsp3) is 0.583. The fourth-order valence-corrected chi connectivity index (χ4v) is 2.05. The second-order valence-corrected chi connectivity index (χ2v) is 4.44. The zero-order valence-corrected chi connectivity index (χ0v) is 10.0. The molecule has 2 N–H and O–H groups in total. The molecule has 1 aliphatic rings. The Morgan fingerprint density at radius 1 is 1.38 bits per heavy atom. The van der Waals surface area contributed by atoms with Crippen LogP contribution >= 0.6 is 0 Å². The normalized spacial score (nSPS) is 17.1. The fourth-order valence-electron chi connectivity index (χ4n) is 2.05. The molecule has 0 saturated carbocycles. The van der Waals surface area contributed by atoms with Crippen molar-refractivity contribution in [3.8, 4) is 0 Å². The van der Waals surface area contributed by atoms with Crippen molar-refractivity contribution in [3.05, 3.63) is 18.3 Å². The molecule has 1 fully saturated rings. The zero-order valence-electron chi connectivity index (χ0n) is 10.0. The number of aromatic nitrogens is 1. The van der Waals surface area contributed by atoms with Gasteiger partial charge in [0.15, 0.2) is 5.82 Å². The van der Waals surface area contributed by atoms with E-state index in [4.69, 9.17) is 0 Å². The molecule has 1 aliphatic heterocycles. The zero-order chi connectivity index (χ0) is 11.4. The van der Waals surface area contributed by atoms with E-state index in [2.05, 4.69) is 21.7 Å². The third-order valence-corrected chi connectivity index (χ3v) is 2.91. The largest absolute Gasteiger partial charge is 0.379 e. The summed E-state index contributed by atoms with van der Waals surface area (Å²) in [5.74, 6) is 1.01. The number of nitrogens with zero attached hydrogens (tertiary/aromatic N) is 2. The SMILES string of the molecule is CN(C)c1ncccc1NC1CCNCC1. The van der Waals surface area contributed by atoms with Crippen molar-refractivity contribution in [3.63, 3.8) is 0 Å². The maximum Gasteiger partial charge on any atom is 0.151 e. The summed E-state index contributed by atoms with van der Waals surface area (Å²) in [6.07, 6.45) is 4.20. The minimum atomic E-state index is 0.573. The molecular weight excluding hydrogens is 200 g/mol. The van der Waals surface area contributed by atoms with Crippen LogP contribution in [-0.2, 0) is 0 Å². The highest BCUT2D eigenvalue weighted by Gasteiger charge is 2.14. The third-order valence-electron chi connectivity index (χ3n) is 2.91. The van der Waals surface area contributed by atoms with E-state index in [-0.39, 0.29) is 0 Å². The summed E-state index contributed by atoms with van der Waals surface area (Å²) in [6, 6.07) is 4.66. The highest BCUT2D eigenvalue weighted by Crippen LogP contribution is 2.22. The van der Waals surface area contributed by atoms with Crippen molar-refractivity contribution < 1.29 is 0 Å². The van der Waals surface area contributed by atoms with Gasteiger partial charge in [0.1, 0.15) is 0 Å². The molecule has 4 nitrogen and oxygen atoms in total. The van der Waals surface area contributed by atoms with Gasteiger partial charge in [-0.25, -0.2) is 4.98 Å². The van der Waals surface area contributed by atoms with Gasteiger partial charge in [-0.05, 0) is 38.1 Å². The lowest BCUT2D eigenvalue weighted by molar-refractivity contribution is 0.479. The summed E-state index contributed by atoms with van der Waals surface area (Å²) in [4.78, 5) is 6.44. The average molecular weight is 220 g/mol. The molecular formula is C12H20N4. The average Bonchev–Trinajstić information content (AvgIpc) is 2.31. The summed E-state index contributed by atoms with van der Waals surface area (Å²) < 4.78 is 0. The van der Waals surface area contributed by atoms with Gasteiger partial charge >= 0.3 is 0 Å². The number of nitrogens with one attached hydrogen (secondary N) is 2. The van der Waals surface area contributed by atoms with Gasteiger partial charge in [-0.3, -0.25) is 0 Å². The molecule has 2 heterocycles. The van der Waals surface area contributed by atoms with Gasteiger partial charge in [0, 0.05) is 26.3 Å². The van der Waals surface area contributed by atoms with Gasteiger partial charge in [-0.1, -0.05) is 0 Å². The first-order valence-electron chi connectivity index (χ1n) is 5.87. The summed E-state index contributed by atoms with van der Waals surface area (Å²) in [7, 11) is 4.05. The van der Waals surface area contributed by atoms with E-state index >= 15 is 0 Å². The van der Waals surface area contributed by atoms with Gasteiger partial charge in [-0.2, -0.15) is 0 Å². The van der Waals surface area contributed by atoms with Gasteiger partial charge < -0.3 is 15.5 Å². The Labute approximate surface area is 97.1 Å². The van der Waals surface area contributed by atoms with E-state index in [1.165, 1.54) is 12.8 Å². The van der Waals surface area contributed by atoms with Crippen molar-refractivity contribution in [2.45, 2.75) is 18.9 Å². The monoisotopic (exact) mass is 220 g/mol. The predicted molar refractivity (Wildman–Crippen MR) is 68.1 cm³/mol. The molecule has 0 unspecified atom stereocenters. The lowest BCUT2D eigenvalue weighted by Crippen LogP contribution is -2.35. The number of rotatable bonds is 3. The van der Waals surface area contributed by atoms with Crippen molar-refractivity contribution in [2.75, 3.05) is 37.4 Å². The van der Waals surface area contributed by atoms with E-state index < -0.39 is 0 Å². The highest BCUT2D eigenvalue weighted by molar-refractivity contribution is 5.65. The second kappa shape index (κ2) is 5.16. The van der Waals surface area contributed by atoms with Crippen molar-refractivity contribution >= 4 is 11.5 Å². The maximum atomic E-state index is 4.39. The first-order valence-corrected chi connectivity index (χ1v) is 5.87. The molecule has 1 aromatic rings. The quantitative estimate of drug-likeness (QED) is 0.806. The highest BCUT2D eigenvalue weighted by atomic mass is 15.2. The lowest BCUT2D eigenvalue weighted by Gasteiger charge is -2.26. The number of hydrogen-bond donors (Lipinski definition) is 2. The van der Waals surface area contributed by atoms with Crippen LogP contribution < -0.4 is 15.5 Å². The van der Waals surface area contributed by atoms with Crippen LogP contribution in [0.4, 0.5) is 11.5 Å². The molecule has 88 valence electrons. The van der Waals surface area contributed by atoms with Gasteiger partial charge in [0.2, 0.25) is 0 Å². The number of hydrogen-bond acceptors (Lipinski definition) is 4. The van der Waals surface area contributed by atoms with Gasteiger partial charge in [0.25, 0.3) is 0 Å². The maximum absolute atomic E-state index is 4.39. The van der Waals surface area contributed by atoms with E-state index in [0.29, 0.717) is 6.04 Å². The molecule has 16 heavy (non-hydrogen) atoms. The first kappa shape index (κ1) is 11.2. The molecule has 0 aliphatic carbocycles. The predicted octanol–water partition coefficient (Wildman–Crippen LogP) is 1.31. The Bertz CT molecular complexity index is 332. The Morgan fingerprint density at radius 3 is 2.81 bits per heavy atom. The molecule has 4 heteroatoms. The van der Waals surface area contributed by atoms with Crippen LogP contribution in [0.15, 0.2) is 18.3 Å². The standard InChI is InChI=1S/C12H20N4/c1-16(2)12-11(4-3-7-14-12)15-10-5-8-13-9-6-10/h3-4,7,10,13,15H,5-6,8-9H2,1-2H3. The molecule has 1 saturated heterocycles. The topological polar surface area (TPSA) is 40.2 Å². The Morgan fingerprint density at radius 2 is 2.12 bits per heavy atom. The van der Waals surface area contributed by atoms with Crippen LogP contribution in [0.5, 0.6) is 0 Å². The van der Waals surface area contributed by atoms with Crippen molar-refractivity contribution in [1.82, 2.24) is 10.3 Å². The summed E-state index contributed by atoms with van der Waals surface area (Å²) >= 11 is 0. The minimum Gasteiger partial charge on any atom is -0.379 e. The Kier molecular flexibility index (Phi) is 3.62. The number of piperidine rings is 1. The van der Waals surface area contributed by atoms with Gasteiger partial charge in [-0.15, -0.1) is 0 Å². The number of pyridine rings is 1. The molecule has 0 bridgehead atoms. The summed E-state index contributed by atoms with van der Waals surface area (Å²) in [5.41, 5.74) is 1.14. The first-order chi connectivity index (χ1) is 7.77. The lowest BCUT2D eigenvalue weighted by atomic mass is 10.1. The van der Waals surface area contributed by atoms with Gasteiger partial charge in [0.05, 0.1) is 5.69 Å². The third kappa shape index (κ3) is 2.64. The Hall–Kier alpha value is -1.29. The van der Waals surface area contributed by atoms with E-state index in [0.717, 1.165) is 24.6 Å². The van der Waals surface area contributed by atoms with Crippen molar-refractivity contribution in [1.29, 1.82) is 0 Å². The van der Waals surface area contributed by atoms with Crippen molar-refractivity contribution in [2.24, 2.45) is 0 Å². The van der Waals surface area contributed by atoms with E-state index in [9.17, 15) is 0 Å². The van der Waals surface area contributed by atoms with Crippen LogP contribution in [0.2, 0.25) is 0 Å². The smallest absolute Gasteiger partial charge is 0.151 e. The molecule has 0 amide bonds. The molecule has 0 atom stereocenters. The molecule has 1 aromatic heterocycles. The molecule has 0 radical (unpaired) electrons. The molecule has 2 rings (SSSR count). The van der Waals surface area contributed by atoms with Crippen LogP contribution in [0, 0.1) is 0 Å². The van der Waals surface area contributed by atoms with Crippen LogP contribution in [0.3, 0.4) is 0 Å².